The van der Waals surface area contributed by atoms with E-state index in [1.165, 1.54) is 4.90 Å². The van der Waals surface area contributed by atoms with E-state index in [1.807, 2.05) is 30.3 Å². The highest BCUT2D eigenvalue weighted by molar-refractivity contribution is 6.14. The van der Waals surface area contributed by atoms with Crippen LogP contribution in [0.5, 0.6) is 0 Å². The third kappa shape index (κ3) is 1.45. The average Bonchev–Trinajstić information content (AvgIpc) is 2.16. The van der Waals surface area contributed by atoms with Crippen LogP contribution in [0.2, 0.25) is 0 Å². The van der Waals surface area contributed by atoms with Crippen LogP contribution in [0.25, 0.3) is 0 Å². The summed E-state index contributed by atoms with van der Waals surface area (Å²) in [5.41, 5.74) is 0.990. The molecule has 0 aromatic heterocycles. The largest absolute Gasteiger partial charge is 0.277 e. The molecule has 1 heterocycles. The second kappa shape index (κ2) is 3.01. The highest BCUT2D eigenvalue weighted by Gasteiger charge is 2.33. The number of hydrogen-bond acceptors (Lipinski definition) is 2. The first kappa shape index (κ1) is 7.98. The minimum Gasteiger partial charge on any atom is -0.277 e. The van der Waals surface area contributed by atoms with Crippen LogP contribution >= 0.6 is 0 Å². The summed E-state index contributed by atoms with van der Waals surface area (Å²) in [6.45, 7) is 0.415. The molecule has 3 heteroatoms. The van der Waals surface area contributed by atoms with Crippen LogP contribution in [0.15, 0.2) is 30.3 Å². The number of amides is 2. The first-order valence-electron chi connectivity index (χ1n) is 4.14. The van der Waals surface area contributed by atoms with Crippen LogP contribution < -0.4 is 0 Å². The molecule has 0 bridgehead atoms. The molecule has 0 saturated carbocycles. The lowest BCUT2D eigenvalue weighted by atomic mass is 10.1. The first-order chi connectivity index (χ1) is 6.27. The van der Waals surface area contributed by atoms with E-state index >= 15 is 0 Å². The summed E-state index contributed by atoms with van der Waals surface area (Å²) in [4.78, 5) is 23.2. The van der Waals surface area contributed by atoms with Gasteiger partial charge < -0.3 is 0 Å². The molecule has 66 valence electrons. The highest BCUT2D eigenvalue weighted by atomic mass is 16.2. The Morgan fingerprint density at radius 1 is 1.08 bits per heavy atom. The highest BCUT2D eigenvalue weighted by Crippen LogP contribution is 2.14. The number of carbonyl (C=O) groups excluding carboxylic acids is 2. The van der Waals surface area contributed by atoms with Gasteiger partial charge in [0.15, 0.2) is 0 Å². The summed E-state index contributed by atoms with van der Waals surface area (Å²) in [6.07, 6.45) is 0.0762. The van der Waals surface area contributed by atoms with Crippen LogP contribution in [-0.4, -0.2) is 16.7 Å². The van der Waals surface area contributed by atoms with Gasteiger partial charge in [-0.05, 0) is 5.56 Å². The molecular weight excluding hydrogens is 166 g/mol. The normalized spacial score (nSPS) is 15.8. The second-order valence-electron chi connectivity index (χ2n) is 3.04. The Bertz CT molecular complexity index is 331. The Hall–Kier alpha value is -1.64. The van der Waals surface area contributed by atoms with Crippen molar-refractivity contribution in [3.05, 3.63) is 35.9 Å². The maximum Gasteiger partial charge on any atom is 0.238 e. The van der Waals surface area contributed by atoms with Crippen LogP contribution in [0, 0.1) is 0 Å². The topological polar surface area (TPSA) is 37.4 Å². The van der Waals surface area contributed by atoms with Crippen LogP contribution in [0.3, 0.4) is 0 Å². The fraction of sp³-hybridized carbons (Fsp3) is 0.200. The number of benzene rings is 1. The molecule has 3 nitrogen and oxygen atoms in total. The van der Waals surface area contributed by atoms with Gasteiger partial charge in [-0.25, -0.2) is 0 Å². The Kier molecular flexibility index (Phi) is 1.85. The molecule has 0 atom stereocenters. The number of nitrogens with zero attached hydrogens (tertiary/aromatic N) is 1. The SMILES string of the molecule is O=C1CC(=O)N1Cc1ccccc1. The Labute approximate surface area is 76.0 Å². The van der Waals surface area contributed by atoms with Crippen molar-refractivity contribution in [3.8, 4) is 0 Å². The average molecular weight is 175 g/mol. The molecule has 0 N–H and O–H groups in total. The van der Waals surface area contributed by atoms with Gasteiger partial charge in [-0.2, -0.15) is 0 Å². The van der Waals surface area contributed by atoms with Crippen molar-refractivity contribution in [1.82, 2.24) is 4.90 Å². The Morgan fingerprint density at radius 2 is 1.69 bits per heavy atom. The van der Waals surface area contributed by atoms with E-state index in [0.29, 0.717) is 6.54 Å². The van der Waals surface area contributed by atoms with Crippen molar-refractivity contribution in [1.29, 1.82) is 0 Å². The van der Waals surface area contributed by atoms with Gasteiger partial charge in [0.25, 0.3) is 0 Å². The number of likely N-dealkylation sites (tertiary alicyclic amines) is 1. The molecule has 1 fully saturated rings. The number of hydrogen-bond donors (Lipinski definition) is 0. The second-order valence-corrected chi connectivity index (χ2v) is 3.04. The quantitative estimate of drug-likeness (QED) is 0.495. The molecule has 2 amide bonds. The number of carbonyl (C=O) groups is 2. The van der Waals surface area contributed by atoms with Crippen molar-refractivity contribution in [3.63, 3.8) is 0 Å². The van der Waals surface area contributed by atoms with Crippen molar-refractivity contribution < 1.29 is 9.59 Å². The Morgan fingerprint density at radius 3 is 2.23 bits per heavy atom. The van der Waals surface area contributed by atoms with Gasteiger partial charge in [0, 0.05) is 0 Å². The number of rotatable bonds is 2. The fourth-order valence-corrected chi connectivity index (χ4v) is 1.31. The van der Waals surface area contributed by atoms with Crippen molar-refractivity contribution >= 4 is 11.8 Å². The molecule has 0 radical (unpaired) electrons. The van der Waals surface area contributed by atoms with Gasteiger partial charge in [-0.15, -0.1) is 0 Å². The van der Waals surface area contributed by atoms with Gasteiger partial charge in [0.05, 0.1) is 6.54 Å². The van der Waals surface area contributed by atoms with Gasteiger partial charge >= 0.3 is 0 Å². The third-order valence-electron chi connectivity index (χ3n) is 2.09. The molecule has 0 aliphatic carbocycles. The molecule has 1 aromatic rings. The predicted molar refractivity (Wildman–Crippen MR) is 46.6 cm³/mol. The van der Waals surface area contributed by atoms with E-state index in [2.05, 4.69) is 0 Å². The predicted octanol–water partition coefficient (Wildman–Crippen LogP) is 0.946. The summed E-state index contributed by atoms with van der Waals surface area (Å²) in [6, 6.07) is 9.50. The monoisotopic (exact) mass is 175 g/mol. The van der Waals surface area contributed by atoms with Crippen molar-refractivity contribution in [2.45, 2.75) is 13.0 Å². The van der Waals surface area contributed by atoms with E-state index in [-0.39, 0.29) is 18.2 Å². The van der Waals surface area contributed by atoms with Gasteiger partial charge in [0.1, 0.15) is 6.42 Å². The molecule has 1 aliphatic heterocycles. The van der Waals surface area contributed by atoms with Gasteiger partial charge in [0.2, 0.25) is 11.8 Å². The van der Waals surface area contributed by atoms with Crippen LogP contribution in [0.4, 0.5) is 0 Å². The van der Waals surface area contributed by atoms with Crippen molar-refractivity contribution in [2.24, 2.45) is 0 Å². The number of β-lactam (4-membered cyclic amide) rings is 2. The van der Waals surface area contributed by atoms with Gasteiger partial charge in [-0.1, -0.05) is 30.3 Å². The van der Waals surface area contributed by atoms with Crippen molar-refractivity contribution in [2.75, 3.05) is 0 Å². The molecule has 1 aromatic carbocycles. The first-order valence-corrected chi connectivity index (χ1v) is 4.14. The molecule has 1 saturated heterocycles. The lowest BCUT2D eigenvalue weighted by molar-refractivity contribution is -0.158. The minimum atomic E-state index is -0.0751. The minimum absolute atomic E-state index is 0.0751. The summed E-state index contributed by atoms with van der Waals surface area (Å²) in [5.74, 6) is -0.150. The summed E-state index contributed by atoms with van der Waals surface area (Å²) in [7, 11) is 0. The van der Waals surface area contributed by atoms with E-state index in [9.17, 15) is 9.59 Å². The molecule has 2 rings (SSSR count). The van der Waals surface area contributed by atoms with Gasteiger partial charge in [-0.3, -0.25) is 14.5 Å². The summed E-state index contributed by atoms with van der Waals surface area (Å²) >= 11 is 0. The lowest BCUT2D eigenvalue weighted by Crippen LogP contribution is -2.47. The van der Waals surface area contributed by atoms with E-state index < -0.39 is 0 Å². The smallest absolute Gasteiger partial charge is 0.238 e. The zero-order valence-corrected chi connectivity index (χ0v) is 7.06. The zero-order valence-electron chi connectivity index (χ0n) is 7.06. The standard InChI is InChI=1S/C10H9NO2/c12-9-6-10(13)11(9)7-8-4-2-1-3-5-8/h1-5H,6-7H2. The summed E-state index contributed by atoms with van der Waals surface area (Å²) < 4.78 is 0. The Balaban J connectivity index is 2.07. The maximum atomic E-state index is 11.0. The van der Waals surface area contributed by atoms with E-state index in [4.69, 9.17) is 0 Å². The van der Waals surface area contributed by atoms with E-state index in [1.54, 1.807) is 0 Å². The summed E-state index contributed by atoms with van der Waals surface area (Å²) in [5, 5.41) is 0. The molecule has 1 aliphatic rings. The fourth-order valence-electron chi connectivity index (χ4n) is 1.31. The zero-order chi connectivity index (χ0) is 9.26. The van der Waals surface area contributed by atoms with Crippen LogP contribution in [0.1, 0.15) is 12.0 Å². The number of imide groups is 1. The molecular formula is C10H9NO2. The molecule has 13 heavy (non-hydrogen) atoms. The molecule has 0 spiro atoms. The third-order valence-corrected chi connectivity index (χ3v) is 2.09. The maximum absolute atomic E-state index is 11.0. The molecule has 0 unspecified atom stereocenters. The van der Waals surface area contributed by atoms with Crippen LogP contribution in [-0.2, 0) is 16.1 Å². The lowest BCUT2D eigenvalue weighted by Gasteiger charge is -2.28. The van der Waals surface area contributed by atoms with E-state index in [0.717, 1.165) is 5.56 Å².